The van der Waals surface area contributed by atoms with E-state index in [-0.39, 0.29) is 5.91 Å². The van der Waals surface area contributed by atoms with Gasteiger partial charge in [0.2, 0.25) is 0 Å². The number of nitrogens with one attached hydrogen (secondary N) is 2. The van der Waals surface area contributed by atoms with Crippen LogP contribution in [0.15, 0.2) is 30.3 Å². The van der Waals surface area contributed by atoms with Gasteiger partial charge in [-0.2, -0.15) is 0 Å². The summed E-state index contributed by atoms with van der Waals surface area (Å²) in [5.41, 5.74) is 1.35. The quantitative estimate of drug-likeness (QED) is 0.710. The number of aryl methyl sites for hydroxylation is 1. The Hall–Kier alpha value is -2.14. The Morgan fingerprint density at radius 2 is 1.92 bits per heavy atom. The van der Waals surface area contributed by atoms with E-state index in [4.69, 9.17) is 11.6 Å². The van der Waals surface area contributed by atoms with Gasteiger partial charge in [-0.3, -0.25) is 4.79 Å². The maximum Gasteiger partial charge on any atom is 0.270 e. The van der Waals surface area contributed by atoms with Crippen molar-refractivity contribution in [2.45, 2.75) is 39.7 Å². The lowest BCUT2D eigenvalue weighted by atomic mass is 10.2. The summed E-state index contributed by atoms with van der Waals surface area (Å²) in [6.07, 6.45) is 3.42. The molecule has 0 aliphatic heterocycles. The molecule has 0 aliphatic carbocycles. The van der Waals surface area contributed by atoms with Crippen molar-refractivity contribution in [3.63, 3.8) is 0 Å². The number of amides is 1. The Kier molecular flexibility index (Phi) is 7.00. The minimum Gasteiger partial charge on any atom is -0.370 e. The van der Waals surface area contributed by atoms with Crippen molar-refractivity contribution in [3.05, 3.63) is 52.4 Å². The standard InChI is InChI=1S/C18H23ClN4O/c1-3-4-5-10-20-17-11-16(22-13(2)23-17)18(24)21-12-14-6-8-15(19)9-7-14/h6-9,11H,3-5,10,12H2,1-2H3,(H,21,24)(H,20,22,23). The maximum atomic E-state index is 12.3. The van der Waals surface area contributed by atoms with Crippen molar-refractivity contribution < 1.29 is 4.79 Å². The minimum atomic E-state index is -0.216. The van der Waals surface area contributed by atoms with Crippen LogP contribution in [-0.4, -0.2) is 22.4 Å². The van der Waals surface area contributed by atoms with Crippen LogP contribution in [-0.2, 0) is 6.54 Å². The van der Waals surface area contributed by atoms with Gasteiger partial charge in [0.1, 0.15) is 17.3 Å². The highest BCUT2D eigenvalue weighted by Gasteiger charge is 2.10. The summed E-state index contributed by atoms with van der Waals surface area (Å²) in [5, 5.41) is 6.79. The van der Waals surface area contributed by atoms with Gasteiger partial charge in [-0.25, -0.2) is 9.97 Å². The number of benzene rings is 1. The Morgan fingerprint density at radius 1 is 1.17 bits per heavy atom. The molecule has 2 N–H and O–H groups in total. The van der Waals surface area contributed by atoms with Crippen molar-refractivity contribution in [1.82, 2.24) is 15.3 Å². The van der Waals surface area contributed by atoms with Gasteiger partial charge in [-0.05, 0) is 31.0 Å². The number of aromatic nitrogens is 2. The summed E-state index contributed by atoms with van der Waals surface area (Å²) in [6.45, 7) is 5.22. The molecule has 0 unspecified atom stereocenters. The molecule has 0 saturated carbocycles. The largest absolute Gasteiger partial charge is 0.370 e. The zero-order valence-electron chi connectivity index (χ0n) is 14.1. The number of carbonyl (C=O) groups excluding carboxylic acids is 1. The SMILES string of the molecule is CCCCCNc1cc(C(=O)NCc2ccc(Cl)cc2)nc(C)n1. The van der Waals surface area contributed by atoms with Crippen LogP contribution in [0.3, 0.4) is 0 Å². The zero-order chi connectivity index (χ0) is 17.4. The molecule has 2 rings (SSSR count). The van der Waals surface area contributed by atoms with Crippen LogP contribution in [0.4, 0.5) is 5.82 Å². The molecule has 1 heterocycles. The van der Waals surface area contributed by atoms with Crippen LogP contribution < -0.4 is 10.6 Å². The average molecular weight is 347 g/mol. The third kappa shape index (κ3) is 5.81. The molecule has 0 spiro atoms. The monoisotopic (exact) mass is 346 g/mol. The van der Waals surface area contributed by atoms with Gasteiger partial charge in [0, 0.05) is 24.2 Å². The number of rotatable bonds is 8. The Labute approximate surface area is 147 Å². The molecule has 24 heavy (non-hydrogen) atoms. The minimum absolute atomic E-state index is 0.216. The van der Waals surface area contributed by atoms with Crippen molar-refractivity contribution in [2.24, 2.45) is 0 Å². The van der Waals surface area contributed by atoms with Crippen LogP contribution >= 0.6 is 11.6 Å². The molecule has 2 aromatic rings. The smallest absolute Gasteiger partial charge is 0.270 e. The first-order valence-electron chi connectivity index (χ1n) is 8.20. The molecule has 1 aromatic heterocycles. The Bertz CT molecular complexity index is 673. The van der Waals surface area contributed by atoms with E-state index < -0.39 is 0 Å². The van der Waals surface area contributed by atoms with Crippen molar-refractivity contribution in [1.29, 1.82) is 0 Å². The summed E-state index contributed by atoms with van der Waals surface area (Å²) >= 11 is 5.86. The van der Waals surface area contributed by atoms with Gasteiger partial charge < -0.3 is 10.6 Å². The lowest BCUT2D eigenvalue weighted by molar-refractivity contribution is 0.0945. The molecule has 0 aliphatic rings. The third-order valence-electron chi connectivity index (χ3n) is 3.52. The molecule has 1 amide bonds. The highest BCUT2D eigenvalue weighted by Crippen LogP contribution is 2.10. The molecular weight excluding hydrogens is 324 g/mol. The van der Waals surface area contributed by atoms with Gasteiger partial charge in [0.05, 0.1) is 0 Å². The fraction of sp³-hybridized carbons (Fsp3) is 0.389. The fourth-order valence-corrected chi connectivity index (χ4v) is 2.37. The molecule has 0 radical (unpaired) electrons. The van der Waals surface area contributed by atoms with E-state index in [0.29, 0.717) is 28.9 Å². The normalized spacial score (nSPS) is 10.5. The van der Waals surface area contributed by atoms with Gasteiger partial charge >= 0.3 is 0 Å². The van der Waals surface area contributed by atoms with E-state index in [0.717, 1.165) is 18.5 Å². The summed E-state index contributed by atoms with van der Waals surface area (Å²) in [6, 6.07) is 9.06. The second-order valence-corrected chi connectivity index (χ2v) is 6.07. The third-order valence-corrected chi connectivity index (χ3v) is 3.78. The van der Waals surface area contributed by atoms with Crippen molar-refractivity contribution in [3.8, 4) is 0 Å². The number of hydrogen-bond acceptors (Lipinski definition) is 4. The second kappa shape index (κ2) is 9.23. The average Bonchev–Trinajstić information content (AvgIpc) is 2.57. The van der Waals surface area contributed by atoms with Crippen molar-refractivity contribution >= 4 is 23.3 Å². The van der Waals surface area contributed by atoms with Gasteiger partial charge in [0.25, 0.3) is 5.91 Å². The van der Waals surface area contributed by atoms with Crippen LogP contribution in [0.25, 0.3) is 0 Å². The van der Waals surface area contributed by atoms with E-state index >= 15 is 0 Å². The topological polar surface area (TPSA) is 66.9 Å². The molecule has 0 atom stereocenters. The van der Waals surface area contributed by atoms with E-state index in [1.165, 1.54) is 12.8 Å². The first-order valence-corrected chi connectivity index (χ1v) is 8.58. The van der Waals surface area contributed by atoms with Gasteiger partial charge in [-0.1, -0.05) is 43.5 Å². The molecule has 1 aromatic carbocycles. The molecule has 0 saturated heterocycles. The van der Waals surface area contributed by atoms with E-state index in [1.807, 2.05) is 12.1 Å². The van der Waals surface area contributed by atoms with E-state index in [1.54, 1.807) is 25.1 Å². The highest BCUT2D eigenvalue weighted by atomic mass is 35.5. The predicted octanol–water partition coefficient (Wildman–Crippen LogP) is 3.97. The highest BCUT2D eigenvalue weighted by molar-refractivity contribution is 6.30. The molecule has 0 fully saturated rings. The summed E-state index contributed by atoms with van der Waals surface area (Å²) in [5.74, 6) is 1.05. The molecular formula is C18H23ClN4O. The first-order chi connectivity index (χ1) is 11.6. The summed E-state index contributed by atoms with van der Waals surface area (Å²) < 4.78 is 0. The Morgan fingerprint density at radius 3 is 2.62 bits per heavy atom. The molecule has 6 heteroatoms. The van der Waals surface area contributed by atoms with Crippen LogP contribution in [0.2, 0.25) is 5.02 Å². The number of anilines is 1. The lowest BCUT2D eigenvalue weighted by Crippen LogP contribution is -2.24. The number of unbranched alkanes of at least 4 members (excludes halogenated alkanes) is 2. The van der Waals surface area contributed by atoms with Gasteiger partial charge in [-0.15, -0.1) is 0 Å². The molecule has 128 valence electrons. The van der Waals surface area contributed by atoms with Crippen LogP contribution in [0.1, 0.15) is 48.1 Å². The number of nitrogens with zero attached hydrogens (tertiary/aromatic N) is 2. The zero-order valence-corrected chi connectivity index (χ0v) is 14.9. The lowest BCUT2D eigenvalue weighted by Gasteiger charge is -2.09. The second-order valence-electron chi connectivity index (χ2n) is 5.63. The molecule has 0 bridgehead atoms. The summed E-state index contributed by atoms with van der Waals surface area (Å²) in [7, 11) is 0. The first kappa shape index (κ1) is 18.2. The van der Waals surface area contributed by atoms with E-state index in [2.05, 4.69) is 27.5 Å². The number of halogens is 1. The Balaban J connectivity index is 1.95. The van der Waals surface area contributed by atoms with Crippen LogP contribution in [0, 0.1) is 6.92 Å². The summed E-state index contributed by atoms with van der Waals surface area (Å²) in [4.78, 5) is 20.9. The van der Waals surface area contributed by atoms with E-state index in [9.17, 15) is 4.79 Å². The van der Waals surface area contributed by atoms with Gasteiger partial charge in [0.15, 0.2) is 0 Å². The predicted molar refractivity (Wildman–Crippen MR) is 97.4 cm³/mol. The number of hydrogen-bond donors (Lipinski definition) is 2. The maximum absolute atomic E-state index is 12.3. The molecule has 5 nitrogen and oxygen atoms in total. The van der Waals surface area contributed by atoms with Crippen LogP contribution in [0.5, 0.6) is 0 Å². The fourth-order valence-electron chi connectivity index (χ4n) is 2.24. The number of carbonyl (C=O) groups is 1. The van der Waals surface area contributed by atoms with Crippen molar-refractivity contribution in [2.75, 3.05) is 11.9 Å².